The molecule has 0 aliphatic heterocycles. The molecule has 0 unspecified atom stereocenters. The Morgan fingerprint density at radius 1 is 0.935 bits per heavy atom. The number of halogens is 4. The summed E-state index contributed by atoms with van der Waals surface area (Å²) in [6.45, 7) is 0. The van der Waals surface area contributed by atoms with Crippen molar-refractivity contribution in [3.63, 3.8) is 0 Å². The summed E-state index contributed by atoms with van der Waals surface area (Å²) < 4.78 is 0.493. The zero-order valence-corrected chi connectivity index (χ0v) is 20.9. The maximum atomic E-state index is 12.6. The molecular weight excluding hydrogens is 588 g/mol. The van der Waals surface area contributed by atoms with Gasteiger partial charge in [-0.1, -0.05) is 76.9 Å². The van der Waals surface area contributed by atoms with Crippen molar-refractivity contribution in [3.05, 3.63) is 90.9 Å². The Balaban J connectivity index is 1.56. The molecule has 0 heterocycles. The molecule has 31 heavy (non-hydrogen) atoms. The topological polar surface area (TPSA) is 49.3 Å². The molecular formula is C23H13Cl3INO2S. The first-order valence-corrected chi connectivity index (χ1v) is 12.0. The number of fused-ring (bicyclic) bond motifs is 1. The van der Waals surface area contributed by atoms with Gasteiger partial charge in [-0.3, -0.25) is 4.79 Å². The van der Waals surface area contributed by atoms with Gasteiger partial charge in [0.25, 0.3) is 5.91 Å². The maximum Gasteiger partial charge on any atom is 0.259 e. The fraction of sp³-hybridized carbons (Fsp3) is 0. The molecule has 0 fully saturated rings. The van der Waals surface area contributed by atoms with E-state index in [0.717, 1.165) is 20.6 Å². The van der Waals surface area contributed by atoms with Gasteiger partial charge in [-0.05, 0) is 64.4 Å². The van der Waals surface area contributed by atoms with Crippen LogP contribution in [0.5, 0.6) is 5.75 Å². The first-order chi connectivity index (χ1) is 14.8. The van der Waals surface area contributed by atoms with E-state index in [1.54, 1.807) is 18.2 Å². The Morgan fingerprint density at radius 3 is 2.45 bits per heavy atom. The molecule has 156 valence electrons. The summed E-state index contributed by atoms with van der Waals surface area (Å²) in [6, 6.07) is 20.1. The van der Waals surface area contributed by atoms with Gasteiger partial charge in [0.15, 0.2) is 0 Å². The van der Waals surface area contributed by atoms with Crippen molar-refractivity contribution in [1.29, 1.82) is 0 Å². The van der Waals surface area contributed by atoms with Crippen LogP contribution >= 0.6 is 69.2 Å². The second-order valence-corrected chi connectivity index (χ2v) is 10.1. The lowest BCUT2D eigenvalue weighted by atomic mass is 10.1. The third kappa shape index (κ3) is 4.91. The molecule has 0 saturated carbocycles. The van der Waals surface area contributed by atoms with Crippen molar-refractivity contribution in [2.75, 3.05) is 5.32 Å². The number of carbonyl (C=O) groups is 1. The summed E-state index contributed by atoms with van der Waals surface area (Å²) in [6.07, 6.45) is 0. The van der Waals surface area contributed by atoms with Crippen molar-refractivity contribution in [3.8, 4) is 5.75 Å². The number of carbonyl (C=O) groups excluding carboxylic acids is 1. The molecule has 0 spiro atoms. The van der Waals surface area contributed by atoms with Crippen LogP contribution in [-0.2, 0) is 0 Å². The normalized spacial score (nSPS) is 11.0. The number of amides is 1. The number of hydrogen-bond acceptors (Lipinski definition) is 3. The van der Waals surface area contributed by atoms with E-state index in [9.17, 15) is 9.90 Å². The molecule has 0 atom stereocenters. The zero-order chi connectivity index (χ0) is 22.1. The molecule has 3 nitrogen and oxygen atoms in total. The van der Waals surface area contributed by atoms with Crippen molar-refractivity contribution in [2.24, 2.45) is 0 Å². The lowest BCUT2D eigenvalue weighted by Gasteiger charge is -2.12. The van der Waals surface area contributed by atoms with Crippen LogP contribution in [0.1, 0.15) is 10.4 Å². The lowest BCUT2D eigenvalue weighted by molar-refractivity contribution is 0.102. The number of aromatic hydroxyl groups is 1. The van der Waals surface area contributed by atoms with E-state index in [2.05, 4.69) is 5.32 Å². The van der Waals surface area contributed by atoms with Crippen LogP contribution in [0.25, 0.3) is 10.8 Å². The molecule has 8 heteroatoms. The number of hydrogen-bond donors (Lipinski definition) is 2. The van der Waals surface area contributed by atoms with Crippen LogP contribution in [0, 0.1) is 3.57 Å². The van der Waals surface area contributed by atoms with E-state index < -0.39 is 5.91 Å². The monoisotopic (exact) mass is 599 g/mol. The second kappa shape index (κ2) is 9.46. The third-order valence-corrected chi connectivity index (χ3v) is 7.63. The van der Waals surface area contributed by atoms with Gasteiger partial charge in [0.2, 0.25) is 0 Å². The summed E-state index contributed by atoms with van der Waals surface area (Å²) in [7, 11) is 0. The van der Waals surface area contributed by atoms with E-state index in [1.165, 1.54) is 17.8 Å². The number of nitrogens with one attached hydrogen (secondary N) is 1. The number of benzene rings is 4. The highest BCUT2D eigenvalue weighted by Gasteiger charge is 2.16. The minimum absolute atomic E-state index is 0.0921. The molecule has 4 rings (SSSR count). The van der Waals surface area contributed by atoms with Crippen LogP contribution in [0.3, 0.4) is 0 Å². The van der Waals surface area contributed by atoms with E-state index in [-0.39, 0.29) is 11.3 Å². The Kier molecular flexibility index (Phi) is 6.89. The molecule has 0 saturated heterocycles. The Bertz CT molecular complexity index is 1330. The highest BCUT2D eigenvalue weighted by molar-refractivity contribution is 14.1. The van der Waals surface area contributed by atoms with E-state index in [1.807, 2.05) is 65.1 Å². The van der Waals surface area contributed by atoms with Crippen molar-refractivity contribution in [1.82, 2.24) is 0 Å². The Labute approximate surface area is 211 Å². The van der Waals surface area contributed by atoms with Gasteiger partial charge in [0.05, 0.1) is 19.2 Å². The molecule has 4 aromatic rings. The molecule has 0 radical (unpaired) electrons. The average Bonchev–Trinajstić information content (AvgIpc) is 2.74. The standard InChI is InChI=1S/C23H13Cl3INO2S/c24-13-9-16(22(29)18(27)10-13)23(30)28-14-6-8-19(17(25)11-14)31-20-7-5-12-3-1-2-4-15(12)21(20)26/h1-11,29H,(H,28,30). The van der Waals surface area contributed by atoms with Crippen molar-refractivity contribution >= 4 is 91.5 Å². The molecule has 1 amide bonds. The number of phenolic OH excluding ortho intramolecular Hbond substituents is 1. The van der Waals surface area contributed by atoms with Crippen LogP contribution in [0.15, 0.2) is 76.5 Å². The first kappa shape index (κ1) is 22.6. The van der Waals surface area contributed by atoms with Crippen molar-refractivity contribution in [2.45, 2.75) is 9.79 Å². The Morgan fingerprint density at radius 2 is 1.68 bits per heavy atom. The molecule has 0 aliphatic carbocycles. The maximum absolute atomic E-state index is 12.6. The van der Waals surface area contributed by atoms with Crippen LogP contribution in [0.2, 0.25) is 15.1 Å². The average molecular weight is 601 g/mol. The van der Waals surface area contributed by atoms with Gasteiger partial charge < -0.3 is 10.4 Å². The molecule has 4 aromatic carbocycles. The predicted octanol–water partition coefficient (Wildman–Crippen LogP) is 8.51. The SMILES string of the molecule is O=C(Nc1ccc(Sc2ccc3ccccc3c2Cl)c(Cl)c1)c1cc(Cl)cc(I)c1O. The lowest BCUT2D eigenvalue weighted by Crippen LogP contribution is -2.12. The first-order valence-electron chi connectivity index (χ1n) is 8.97. The van der Waals surface area contributed by atoms with Gasteiger partial charge in [0.1, 0.15) is 5.75 Å². The second-order valence-electron chi connectivity index (χ2n) is 6.58. The summed E-state index contributed by atoms with van der Waals surface area (Å²) in [5.41, 5.74) is 0.591. The van der Waals surface area contributed by atoms with Gasteiger partial charge in [0, 0.05) is 25.9 Å². The van der Waals surface area contributed by atoms with Gasteiger partial charge in [-0.15, -0.1) is 0 Å². The number of rotatable bonds is 4. The highest BCUT2D eigenvalue weighted by atomic mass is 127. The third-order valence-electron chi connectivity index (χ3n) is 4.51. The van der Waals surface area contributed by atoms with E-state index in [4.69, 9.17) is 34.8 Å². The van der Waals surface area contributed by atoms with Crippen molar-refractivity contribution < 1.29 is 9.90 Å². The summed E-state index contributed by atoms with van der Waals surface area (Å²) >= 11 is 22.5. The minimum atomic E-state index is -0.480. The summed E-state index contributed by atoms with van der Waals surface area (Å²) in [5.74, 6) is -0.598. The largest absolute Gasteiger partial charge is 0.506 e. The predicted molar refractivity (Wildman–Crippen MR) is 138 cm³/mol. The van der Waals surface area contributed by atoms with E-state index >= 15 is 0 Å². The smallest absolute Gasteiger partial charge is 0.259 e. The summed E-state index contributed by atoms with van der Waals surface area (Å²) in [5, 5.41) is 16.5. The zero-order valence-electron chi connectivity index (χ0n) is 15.6. The minimum Gasteiger partial charge on any atom is -0.506 e. The molecule has 0 aromatic heterocycles. The van der Waals surface area contributed by atoms with Gasteiger partial charge in [-0.2, -0.15) is 0 Å². The summed E-state index contributed by atoms with van der Waals surface area (Å²) in [4.78, 5) is 14.3. The van der Waals surface area contributed by atoms with Crippen LogP contribution in [0.4, 0.5) is 5.69 Å². The van der Waals surface area contributed by atoms with Gasteiger partial charge >= 0.3 is 0 Å². The number of anilines is 1. The van der Waals surface area contributed by atoms with Gasteiger partial charge in [-0.25, -0.2) is 0 Å². The fourth-order valence-electron chi connectivity index (χ4n) is 3.01. The highest BCUT2D eigenvalue weighted by Crippen LogP contribution is 2.41. The number of phenols is 1. The van der Waals surface area contributed by atoms with E-state index in [0.29, 0.717) is 24.3 Å². The molecule has 0 bridgehead atoms. The van der Waals surface area contributed by atoms with Crippen LogP contribution < -0.4 is 5.32 Å². The quantitative estimate of drug-likeness (QED) is 0.231. The molecule has 0 aliphatic rings. The fourth-order valence-corrected chi connectivity index (χ4v) is 5.55. The Hall–Kier alpha value is -1.64. The molecule has 2 N–H and O–H groups in total. The van der Waals surface area contributed by atoms with Crippen LogP contribution in [-0.4, -0.2) is 11.0 Å².